The van der Waals surface area contributed by atoms with Gasteiger partial charge in [-0.25, -0.2) is 15.0 Å². The average molecular weight is 255 g/mol. The summed E-state index contributed by atoms with van der Waals surface area (Å²) in [5.41, 5.74) is 2.27. The predicted octanol–water partition coefficient (Wildman–Crippen LogP) is 1.64. The van der Waals surface area contributed by atoms with E-state index in [0.29, 0.717) is 0 Å². The van der Waals surface area contributed by atoms with E-state index in [1.54, 1.807) is 12.4 Å². The Labute approximate surface area is 112 Å². The fourth-order valence-corrected chi connectivity index (χ4v) is 2.31. The van der Waals surface area contributed by atoms with E-state index in [1.807, 2.05) is 13.0 Å². The molecule has 5 nitrogen and oxygen atoms in total. The van der Waals surface area contributed by atoms with E-state index < -0.39 is 0 Å². The van der Waals surface area contributed by atoms with Gasteiger partial charge in [-0.1, -0.05) is 6.07 Å². The molecule has 0 unspecified atom stereocenters. The highest BCUT2D eigenvalue weighted by Gasteiger charge is 2.20. The fraction of sp³-hybridized carbons (Fsp3) is 0.357. The molecule has 0 bridgehead atoms. The summed E-state index contributed by atoms with van der Waals surface area (Å²) in [6.07, 6.45) is 3.57. The van der Waals surface area contributed by atoms with Crippen LogP contribution in [0.2, 0.25) is 0 Å². The van der Waals surface area contributed by atoms with Crippen LogP contribution in [0, 0.1) is 6.92 Å². The third-order valence-electron chi connectivity index (χ3n) is 3.36. The molecular weight excluding hydrogens is 238 g/mol. The quantitative estimate of drug-likeness (QED) is 0.775. The van der Waals surface area contributed by atoms with Crippen LogP contribution in [-0.4, -0.2) is 35.1 Å². The molecule has 0 N–H and O–H groups in total. The van der Waals surface area contributed by atoms with Crippen molar-refractivity contribution in [2.45, 2.75) is 13.5 Å². The molecule has 0 saturated heterocycles. The average Bonchev–Trinajstić information content (AvgIpc) is 2.60. The normalized spacial score (nSPS) is 15.1. The number of pyridine rings is 1. The Bertz CT molecular complexity index is 569. The molecule has 0 spiro atoms. The van der Waals surface area contributed by atoms with Gasteiger partial charge < -0.3 is 9.80 Å². The molecule has 0 aliphatic carbocycles. The van der Waals surface area contributed by atoms with E-state index in [0.717, 1.165) is 37.1 Å². The second-order valence-corrected chi connectivity index (χ2v) is 4.83. The van der Waals surface area contributed by atoms with Gasteiger partial charge in [0, 0.05) is 50.3 Å². The summed E-state index contributed by atoms with van der Waals surface area (Å²) in [4.78, 5) is 17.7. The second-order valence-electron chi connectivity index (χ2n) is 4.83. The summed E-state index contributed by atoms with van der Waals surface area (Å²) in [6.45, 7) is 4.64. The van der Waals surface area contributed by atoms with Crippen molar-refractivity contribution in [3.05, 3.63) is 41.9 Å². The highest BCUT2D eigenvalue weighted by Crippen LogP contribution is 2.23. The Balaban J connectivity index is 1.95. The maximum Gasteiger partial charge on any atom is 0.225 e. The van der Waals surface area contributed by atoms with Crippen LogP contribution >= 0.6 is 0 Å². The molecule has 1 aliphatic rings. The molecule has 5 heteroatoms. The standard InChI is InChI=1S/C14H17N5/c1-11-4-5-12-10-19(14-15-6-3-7-16-14)9-8-18(2)13(12)17-11/h3-7H,8-10H2,1-2H3. The molecule has 1 aliphatic heterocycles. The predicted molar refractivity (Wildman–Crippen MR) is 75.3 cm³/mol. The lowest BCUT2D eigenvalue weighted by molar-refractivity contribution is 0.767. The van der Waals surface area contributed by atoms with Gasteiger partial charge in [-0.15, -0.1) is 0 Å². The summed E-state index contributed by atoms with van der Waals surface area (Å²) < 4.78 is 0. The van der Waals surface area contributed by atoms with Gasteiger partial charge in [-0.05, 0) is 19.1 Å². The molecule has 0 fully saturated rings. The van der Waals surface area contributed by atoms with Crippen LogP contribution in [0.4, 0.5) is 11.8 Å². The number of rotatable bonds is 1. The number of anilines is 2. The second kappa shape index (κ2) is 4.84. The van der Waals surface area contributed by atoms with Crippen molar-refractivity contribution in [3.8, 4) is 0 Å². The number of hydrogen-bond acceptors (Lipinski definition) is 5. The number of likely N-dealkylation sites (N-methyl/N-ethyl adjacent to an activating group) is 1. The molecule has 0 amide bonds. The number of hydrogen-bond donors (Lipinski definition) is 0. The molecule has 98 valence electrons. The van der Waals surface area contributed by atoms with Crippen molar-refractivity contribution in [3.63, 3.8) is 0 Å². The molecule has 3 heterocycles. The lowest BCUT2D eigenvalue weighted by atomic mass is 10.2. The molecule has 2 aromatic heterocycles. The van der Waals surface area contributed by atoms with Gasteiger partial charge in [-0.3, -0.25) is 0 Å². The van der Waals surface area contributed by atoms with E-state index in [1.165, 1.54) is 5.56 Å². The van der Waals surface area contributed by atoms with E-state index in [-0.39, 0.29) is 0 Å². The topological polar surface area (TPSA) is 45.2 Å². The smallest absolute Gasteiger partial charge is 0.225 e. The SMILES string of the molecule is Cc1ccc2c(n1)N(C)CCN(c1ncccn1)C2. The minimum Gasteiger partial charge on any atom is -0.358 e. The summed E-state index contributed by atoms with van der Waals surface area (Å²) in [6, 6.07) is 6.05. The number of nitrogens with zero attached hydrogens (tertiary/aromatic N) is 5. The van der Waals surface area contributed by atoms with Crippen LogP contribution in [0.15, 0.2) is 30.6 Å². The first kappa shape index (κ1) is 11.9. The van der Waals surface area contributed by atoms with Crippen molar-refractivity contribution >= 4 is 11.8 Å². The monoisotopic (exact) mass is 255 g/mol. The van der Waals surface area contributed by atoms with Gasteiger partial charge in [0.1, 0.15) is 5.82 Å². The van der Waals surface area contributed by atoms with Gasteiger partial charge in [0.25, 0.3) is 0 Å². The Morgan fingerprint density at radius 2 is 1.89 bits per heavy atom. The molecule has 0 aromatic carbocycles. The van der Waals surface area contributed by atoms with Crippen LogP contribution in [0.1, 0.15) is 11.3 Å². The number of aromatic nitrogens is 3. The molecule has 2 aromatic rings. The highest BCUT2D eigenvalue weighted by molar-refractivity contribution is 5.51. The van der Waals surface area contributed by atoms with Crippen LogP contribution in [-0.2, 0) is 6.54 Å². The van der Waals surface area contributed by atoms with Crippen LogP contribution in [0.25, 0.3) is 0 Å². The zero-order chi connectivity index (χ0) is 13.2. The van der Waals surface area contributed by atoms with E-state index in [9.17, 15) is 0 Å². The third-order valence-corrected chi connectivity index (χ3v) is 3.36. The molecule has 0 atom stereocenters. The van der Waals surface area contributed by atoms with Crippen molar-refractivity contribution in [1.82, 2.24) is 15.0 Å². The number of fused-ring (bicyclic) bond motifs is 1. The maximum atomic E-state index is 4.64. The summed E-state index contributed by atoms with van der Waals surface area (Å²) >= 11 is 0. The Hall–Kier alpha value is -2.17. The van der Waals surface area contributed by atoms with E-state index >= 15 is 0 Å². The zero-order valence-electron chi connectivity index (χ0n) is 11.2. The molecular formula is C14H17N5. The summed E-state index contributed by atoms with van der Waals surface area (Å²) in [7, 11) is 2.08. The van der Waals surface area contributed by atoms with Crippen LogP contribution in [0.3, 0.4) is 0 Å². The van der Waals surface area contributed by atoms with Crippen molar-refractivity contribution in [1.29, 1.82) is 0 Å². The zero-order valence-corrected chi connectivity index (χ0v) is 11.2. The molecule has 3 rings (SSSR count). The van der Waals surface area contributed by atoms with Crippen LogP contribution in [0.5, 0.6) is 0 Å². The minimum absolute atomic E-state index is 0.782. The van der Waals surface area contributed by atoms with E-state index in [2.05, 4.69) is 43.9 Å². The van der Waals surface area contributed by atoms with Crippen molar-refractivity contribution in [2.24, 2.45) is 0 Å². The van der Waals surface area contributed by atoms with Gasteiger partial charge in [-0.2, -0.15) is 0 Å². The van der Waals surface area contributed by atoms with Crippen molar-refractivity contribution in [2.75, 3.05) is 29.9 Å². The lowest BCUT2D eigenvalue weighted by Gasteiger charge is -2.20. The third kappa shape index (κ3) is 2.36. The minimum atomic E-state index is 0.782. The Morgan fingerprint density at radius 1 is 1.11 bits per heavy atom. The molecule has 0 radical (unpaired) electrons. The first-order chi connectivity index (χ1) is 9.24. The fourth-order valence-electron chi connectivity index (χ4n) is 2.31. The lowest BCUT2D eigenvalue weighted by Crippen LogP contribution is -2.30. The molecule has 19 heavy (non-hydrogen) atoms. The first-order valence-electron chi connectivity index (χ1n) is 6.43. The Morgan fingerprint density at radius 3 is 2.68 bits per heavy atom. The largest absolute Gasteiger partial charge is 0.358 e. The van der Waals surface area contributed by atoms with Gasteiger partial charge in [0.15, 0.2) is 0 Å². The highest BCUT2D eigenvalue weighted by atomic mass is 15.3. The summed E-state index contributed by atoms with van der Waals surface area (Å²) in [5.74, 6) is 1.85. The summed E-state index contributed by atoms with van der Waals surface area (Å²) in [5, 5.41) is 0. The van der Waals surface area contributed by atoms with Crippen LogP contribution < -0.4 is 9.80 Å². The molecule has 0 saturated carbocycles. The van der Waals surface area contributed by atoms with Gasteiger partial charge in [0.2, 0.25) is 5.95 Å². The van der Waals surface area contributed by atoms with E-state index in [4.69, 9.17) is 0 Å². The van der Waals surface area contributed by atoms with Gasteiger partial charge in [0.05, 0.1) is 0 Å². The first-order valence-corrected chi connectivity index (χ1v) is 6.43. The maximum absolute atomic E-state index is 4.64. The Kier molecular flexibility index (Phi) is 3.03. The van der Waals surface area contributed by atoms with Crippen molar-refractivity contribution < 1.29 is 0 Å². The number of aryl methyl sites for hydroxylation is 1. The van der Waals surface area contributed by atoms with Gasteiger partial charge >= 0.3 is 0 Å².